The number of nitrogens with zero attached hydrogens (tertiary/aromatic N) is 1. The number of hydrogen-bond acceptors (Lipinski definition) is 4. The molecule has 0 radical (unpaired) electrons. The summed E-state index contributed by atoms with van der Waals surface area (Å²) in [7, 11) is -4.33. The van der Waals surface area contributed by atoms with E-state index < -0.39 is 38.5 Å². The zero-order valence-electron chi connectivity index (χ0n) is 15.0. The number of carbonyl (C=O) groups excluding carboxylic acids is 1. The summed E-state index contributed by atoms with van der Waals surface area (Å²) in [6, 6.07) is 10.8. The Morgan fingerprint density at radius 2 is 1.62 bits per heavy atom. The molecule has 0 spiro atoms. The van der Waals surface area contributed by atoms with Gasteiger partial charge in [0.1, 0.15) is 5.75 Å². The van der Waals surface area contributed by atoms with Gasteiger partial charge in [-0.05, 0) is 49.2 Å². The molecule has 1 saturated heterocycles. The molecule has 0 amide bonds. The molecule has 0 N–H and O–H groups in total. The highest BCUT2D eigenvalue weighted by molar-refractivity contribution is 9.10. The predicted molar refractivity (Wildman–Crippen MR) is 103 cm³/mol. The summed E-state index contributed by atoms with van der Waals surface area (Å²) < 4.78 is 72.2. The summed E-state index contributed by atoms with van der Waals surface area (Å²) in [5.41, 5.74) is -1.20. The molecule has 1 aliphatic rings. The van der Waals surface area contributed by atoms with Crippen molar-refractivity contribution in [2.45, 2.75) is 23.9 Å². The maximum absolute atomic E-state index is 13.2. The second-order valence-electron chi connectivity index (χ2n) is 6.55. The zero-order valence-corrected chi connectivity index (χ0v) is 17.4. The third-order valence-corrected chi connectivity index (χ3v) is 7.12. The van der Waals surface area contributed by atoms with Crippen molar-refractivity contribution in [1.82, 2.24) is 4.31 Å². The van der Waals surface area contributed by atoms with Gasteiger partial charge in [0, 0.05) is 17.6 Å². The van der Waals surface area contributed by atoms with E-state index in [-0.39, 0.29) is 25.9 Å². The molecule has 29 heavy (non-hydrogen) atoms. The van der Waals surface area contributed by atoms with Crippen LogP contribution in [-0.2, 0) is 21.0 Å². The Kier molecular flexibility index (Phi) is 6.35. The number of benzene rings is 2. The molecule has 2 aromatic carbocycles. The summed E-state index contributed by atoms with van der Waals surface area (Å²) in [5.74, 6) is -0.643. The molecule has 0 aromatic heterocycles. The number of carbonyl (C=O) groups is 1. The largest absolute Gasteiger partial charge is 0.426 e. The minimum atomic E-state index is -4.78. The fraction of sp³-hybridized carbons (Fsp3) is 0.316. The first-order valence-corrected chi connectivity index (χ1v) is 11.0. The molecule has 0 saturated carbocycles. The van der Waals surface area contributed by atoms with E-state index in [4.69, 9.17) is 4.74 Å². The molecule has 5 nitrogen and oxygen atoms in total. The summed E-state index contributed by atoms with van der Waals surface area (Å²) in [6.45, 7) is -0.122. The molecule has 3 rings (SSSR count). The second-order valence-corrected chi connectivity index (χ2v) is 9.37. The van der Waals surface area contributed by atoms with Gasteiger partial charge in [-0.25, -0.2) is 8.42 Å². The van der Waals surface area contributed by atoms with Crippen molar-refractivity contribution in [3.05, 3.63) is 58.6 Å². The lowest BCUT2D eigenvalue weighted by Crippen LogP contribution is -2.41. The molecule has 1 fully saturated rings. The van der Waals surface area contributed by atoms with Crippen molar-refractivity contribution in [3.8, 4) is 5.75 Å². The van der Waals surface area contributed by atoms with E-state index >= 15 is 0 Å². The fourth-order valence-electron chi connectivity index (χ4n) is 3.10. The van der Waals surface area contributed by atoms with Gasteiger partial charge in [0.15, 0.2) is 0 Å². The summed E-state index contributed by atoms with van der Waals surface area (Å²) in [4.78, 5) is 11.5. The van der Waals surface area contributed by atoms with Gasteiger partial charge in [0.25, 0.3) is 0 Å². The van der Waals surface area contributed by atoms with E-state index in [1.807, 2.05) is 0 Å². The Labute approximate surface area is 174 Å². The lowest BCUT2D eigenvalue weighted by atomic mass is 9.98. The molecule has 2 aromatic rings. The first-order valence-electron chi connectivity index (χ1n) is 8.72. The van der Waals surface area contributed by atoms with Crippen molar-refractivity contribution >= 4 is 31.9 Å². The Morgan fingerprint density at radius 3 is 2.21 bits per heavy atom. The molecule has 1 heterocycles. The lowest BCUT2D eigenvalue weighted by Gasteiger charge is -2.30. The van der Waals surface area contributed by atoms with Crippen LogP contribution in [-0.4, -0.2) is 31.8 Å². The van der Waals surface area contributed by atoms with Crippen LogP contribution in [0.25, 0.3) is 0 Å². The van der Waals surface area contributed by atoms with Crippen LogP contribution < -0.4 is 4.74 Å². The molecule has 156 valence electrons. The Morgan fingerprint density at radius 1 is 1.03 bits per heavy atom. The second kappa shape index (κ2) is 8.45. The maximum Gasteiger partial charge on any atom is 0.417 e. The lowest BCUT2D eigenvalue weighted by molar-refractivity contribution is -0.140. The average Bonchev–Trinajstić information content (AvgIpc) is 2.69. The zero-order chi connectivity index (χ0) is 21.2. The van der Waals surface area contributed by atoms with Gasteiger partial charge in [-0.3, -0.25) is 4.79 Å². The fourth-order valence-corrected chi connectivity index (χ4v) is 5.05. The van der Waals surface area contributed by atoms with Gasteiger partial charge in [0.2, 0.25) is 10.0 Å². The molecular formula is C19H17BrF3NO4S. The highest BCUT2D eigenvalue weighted by atomic mass is 79.9. The number of ether oxygens (including phenoxy) is 1. The number of sulfonamides is 1. The minimum absolute atomic E-state index is 0.0609. The van der Waals surface area contributed by atoms with Crippen LogP contribution >= 0.6 is 15.9 Å². The van der Waals surface area contributed by atoms with Gasteiger partial charge in [0.05, 0.1) is 16.4 Å². The van der Waals surface area contributed by atoms with Crippen LogP contribution in [0.2, 0.25) is 0 Å². The number of halogens is 4. The average molecular weight is 492 g/mol. The Balaban J connectivity index is 1.69. The number of alkyl halides is 3. The molecule has 0 atom stereocenters. The van der Waals surface area contributed by atoms with Crippen LogP contribution in [0.15, 0.2) is 57.9 Å². The normalized spacial score (nSPS) is 16.6. The van der Waals surface area contributed by atoms with Crippen molar-refractivity contribution in [2.75, 3.05) is 13.1 Å². The quantitative estimate of drug-likeness (QED) is 0.467. The van der Waals surface area contributed by atoms with Crippen LogP contribution in [0.3, 0.4) is 0 Å². The summed E-state index contributed by atoms with van der Waals surface area (Å²) in [5, 5.41) is 0. The molecule has 0 bridgehead atoms. The molecule has 10 heteroatoms. The smallest absolute Gasteiger partial charge is 0.417 e. The van der Waals surface area contributed by atoms with Gasteiger partial charge in [-0.15, -0.1) is 0 Å². The third kappa shape index (κ3) is 4.99. The summed E-state index contributed by atoms with van der Waals surface area (Å²) in [6.07, 6.45) is -4.44. The molecule has 0 aliphatic carbocycles. The summed E-state index contributed by atoms with van der Waals surface area (Å²) >= 11 is 3.28. The first kappa shape index (κ1) is 21.8. The molecular weight excluding hydrogens is 475 g/mol. The van der Waals surface area contributed by atoms with Gasteiger partial charge in [-0.2, -0.15) is 17.5 Å². The molecule has 0 unspecified atom stereocenters. The monoisotopic (exact) mass is 491 g/mol. The van der Waals surface area contributed by atoms with Crippen LogP contribution in [0.5, 0.6) is 5.75 Å². The van der Waals surface area contributed by atoms with E-state index in [1.54, 1.807) is 24.3 Å². The van der Waals surface area contributed by atoms with Crippen molar-refractivity contribution in [3.63, 3.8) is 0 Å². The van der Waals surface area contributed by atoms with Gasteiger partial charge in [-0.1, -0.05) is 28.1 Å². The highest BCUT2D eigenvalue weighted by Gasteiger charge is 2.40. The van der Waals surface area contributed by atoms with Crippen molar-refractivity contribution in [2.24, 2.45) is 5.92 Å². The Hall–Kier alpha value is -1.91. The van der Waals surface area contributed by atoms with Crippen molar-refractivity contribution < 1.29 is 31.1 Å². The van der Waals surface area contributed by atoms with Crippen molar-refractivity contribution in [1.29, 1.82) is 0 Å². The number of piperidine rings is 1. The van der Waals surface area contributed by atoms with E-state index in [0.717, 1.165) is 27.0 Å². The molecule has 1 aliphatic heterocycles. The first-order chi connectivity index (χ1) is 13.6. The minimum Gasteiger partial charge on any atom is -0.426 e. The van der Waals surface area contributed by atoms with E-state index in [2.05, 4.69) is 15.9 Å². The third-order valence-electron chi connectivity index (χ3n) is 4.63. The van der Waals surface area contributed by atoms with Crippen LogP contribution in [0.4, 0.5) is 13.2 Å². The van der Waals surface area contributed by atoms with Gasteiger partial charge >= 0.3 is 12.1 Å². The van der Waals surface area contributed by atoms with E-state index in [0.29, 0.717) is 5.75 Å². The van der Waals surface area contributed by atoms with Crippen LogP contribution in [0, 0.1) is 5.92 Å². The Bertz CT molecular complexity index is 985. The SMILES string of the molecule is O=C(Oc1ccc(Br)cc1)C1CCN(S(=O)(=O)c2ccccc2C(F)(F)F)CC1. The van der Waals surface area contributed by atoms with E-state index in [1.165, 1.54) is 6.07 Å². The van der Waals surface area contributed by atoms with Gasteiger partial charge < -0.3 is 4.74 Å². The maximum atomic E-state index is 13.2. The van der Waals surface area contributed by atoms with Crippen LogP contribution in [0.1, 0.15) is 18.4 Å². The number of esters is 1. The topological polar surface area (TPSA) is 63.7 Å². The number of hydrogen-bond donors (Lipinski definition) is 0. The highest BCUT2D eigenvalue weighted by Crippen LogP contribution is 2.36. The predicted octanol–water partition coefficient (Wildman–Crippen LogP) is 4.47. The van der Waals surface area contributed by atoms with E-state index in [9.17, 15) is 26.4 Å². The number of rotatable bonds is 4. The standard InChI is InChI=1S/C19H17BrF3NO4S/c20-14-5-7-15(8-6-14)28-18(25)13-9-11-24(12-10-13)29(26,27)17-4-2-1-3-16(17)19(21,22)23/h1-8,13H,9-12H2.